The fraction of sp³-hybridized carbons (Fsp3) is 0.222. The van der Waals surface area contributed by atoms with E-state index >= 15 is 0 Å². The molecule has 4 aromatic rings. The number of halogens is 3. The van der Waals surface area contributed by atoms with Gasteiger partial charge in [-0.3, -0.25) is 14.3 Å². The van der Waals surface area contributed by atoms with E-state index in [1.165, 1.54) is 36.4 Å². The summed E-state index contributed by atoms with van der Waals surface area (Å²) in [7, 11) is -3.86. The lowest BCUT2D eigenvalue weighted by Crippen LogP contribution is -2.52. The largest absolute Gasteiger partial charge is 0.457 e. The molecule has 40 heavy (non-hydrogen) atoms. The molecule has 9 nitrogen and oxygen atoms in total. The lowest BCUT2D eigenvalue weighted by Gasteiger charge is -2.27. The number of aromatic nitrogens is 1. The molecule has 0 aliphatic heterocycles. The minimum absolute atomic E-state index is 0.166. The third-order valence-corrected chi connectivity index (χ3v) is 7.34. The molecule has 0 aliphatic carbocycles. The minimum Gasteiger partial charge on any atom is -0.457 e. The molecule has 1 unspecified atom stereocenters. The Morgan fingerprint density at radius 1 is 1.02 bits per heavy atom. The molecule has 1 atom stereocenters. The van der Waals surface area contributed by atoms with Crippen LogP contribution in [0.1, 0.15) is 11.1 Å². The maximum absolute atomic E-state index is 12.8. The fourth-order valence-electron chi connectivity index (χ4n) is 4.16. The molecule has 1 amide bonds. The van der Waals surface area contributed by atoms with Crippen LogP contribution < -0.4 is 19.8 Å². The number of hydrogen-bond acceptors (Lipinski definition) is 6. The number of carbonyl (C=O) groups is 1. The van der Waals surface area contributed by atoms with Crippen molar-refractivity contribution >= 4 is 32.5 Å². The first-order valence-corrected chi connectivity index (χ1v) is 14.0. The predicted molar refractivity (Wildman–Crippen MR) is 144 cm³/mol. The van der Waals surface area contributed by atoms with Crippen LogP contribution in [-0.2, 0) is 27.4 Å². The number of alkyl halides is 3. The second-order valence-electron chi connectivity index (χ2n) is 9.00. The average Bonchev–Trinajstić information content (AvgIpc) is 3.33. The topological polar surface area (TPSA) is 124 Å². The zero-order valence-corrected chi connectivity index (χ0v) is 22.1. The third-order valence-electron chi connectivity index (χ3n) is 6.18. The van der Waals surface area contributed by atoms with Crippen LogP contribution >= 0.6 is 0 Å². The Hall–Kier alpha value is -4.07. The summed E-state index contributed by atoms with van der Waals surface area (Å²) in [5, 5.41) is 13.3. The average molecular weight is 577 g/mol. The number of hydrogen-bond donors (Lipinski definition) is 4. The van der Waals surface area contributed by atoms with Gasteiger partial charge in [0, 0.05) is 23.6 Å². The van der Waals surface area contributed by atoms with E-state index in [2.05, 4.69) is 10.3 Å². The van der Waals surface area contributed by atoms with Crippen LogP contribution in [0.4, 0.5) is 18.9 Å². The molecular formula is C27H27F3N4O5S. The number of fused-ring (bicyclic) bond motifs is 1. The summed E-state index contributed by atoms with van der Waals surface area (Å²) < 4.78 is 70.2. The number of nitrogens with one attached hydrogen (secondary N) is 3. The van der Waals surface area contributed by atoms with Crippen molar-refractivity contribution in [2.75, 3.05) is 23.7 Å². The number of sulfonamides is 1. The molecule has 0 spiro atoms. The van der Waals surface area contributed by atoms with Gasteiger partial charge in [0.25, 0.3) is 5.91 Å². The number of H-pyrrole nitrogens is 1. The quantitative estimate of drug-likeness (QED) is 0.155. The minimum atomic E-state index is -4.47. The Morgan fingerprint density at radius 2 is 1.65 bits per heavy atom. The van der Waals surface area contributed by atoms with E-state index in [9.17, 15) is 31.6 Å². The number of amides is 1. The highest BCUT2D eigenvalue weighted by Gasteiger charge is 2.30. The first-order valence-electron chi connectivity index (χ1n) is 12.1. The van der Waals surface area contributed by atoms with E-state index in [-0.39, 0.29) is 23.7 Å². The van der Waals surface area contributed by atoms with Gasteiger partial charge in [-0.05, 0) is 66.6 Å². The highest BCUT2D eigenvalue weighted by Crippen LogP contribution is 2.32. The number of benzene rings is 3. The molecule has 0 saturated carbocycles. The smallest absolute Gasteiger partial charge is 0.416 e. The van der Waals surface area contributed by atoms with E-state index in [1.54, 1.807) is 5.48 Å². The van der Waals surface area contributed by atoms with Crippen molar-refractivity contribution in [2.24, 2.45) is 0 Å². The molecule has 212 valence electrons. The van der Waals surface area contributed by atoms with Crippen molar-refractivity contribution < 1.29 is 36.3 Å². The Balaban J connectivity index is 1.45. The van der Waals surface area contributed by atoms with Crippen LogP contribution in [0.25, 0.3) is 10.9 Å². The van der Waals surface area contributed by atoms with Gasteiger partial charge in [-0.1, -0.05) is 18.2 Å². The van der Waals surface area contributed by atoms with Crippen molar-refractivity contribution in [3.8, 4) is 11.5 Å². The van der Waals surface area contributed by atoms with Crippen molar-refractivity contribution in [3.05, 3.63) is 90.1 Å². The molecule has 1 heterocycles. The van der Waals surface area contributed by atoms with Gasteiger partial charge in [0.15, 0.2) is 0 Å². The molecule has 0 radical (unpaired) electrons. The summed E-state index contributed by atoms with van der Waals surface area (Å²) in [5.74, 6) is -0.381. The normalized spacial score (nSPS) is 12.7. The zero-order chi connectivity index (χ0) is 28.9. The number of carbonyl (C=O) groups excluding carboxylic acids is 1. The van der Waals surface area contributed by atoms with E-state index in [0.717, 1.165) is 39.2 Å². The number of para-hydroxylation sites is 1. The van der Waals surface area contributed by atoms with Crippen LogP contribution in [0.5, 0.6) is 11.5 Å². The zero-order valence-electron chi connectivity index (χ0n) is 21.3. The van der Waals surface area contributed by atoms with Crippen molar-refractivity contribution in [3.63, 3.8) is 0 Å². The molecule has 4 N–H and O–H groups in total. The molecule has 0 saturated heterocycles. The van der Waals surface area contributed by atoms with Crippen molar-refractivity contribution in [1.29, 1.82) is 0 Å². The van der Waals surface area contributed by atoms with Crippen LogP contribution in [-0.4, -0.2) is 49.9 Å². The molecule has 3 aromatic carbocycles. The fourth-order valence-corrected chi connectivity index (χ4v) is 5.09. The summed E-state index contributed by atoms with van der Waals surface area (Å²) in [6.07, 6.45) is -1.08. The van der Waals surface area contributed by atoms with E-state index in [1.807, 2.05) is 30.5 Å². The summed E-state index contributed by atoms with van der Waals surface area (Å²) in [6, 6.07) is 16.6. The van der Waals surface area contributed by atoms with E-state index < -0.39 is 33.7 Å². The maximum Gasteiger partial charge on any atom is 0.416 e. The first-order chi connectivity index (χ1) is 19.0. The number of rotatable bonds is 11. The molecule has 13 heteroatoms. The summed E-state index contributed by atoms with van der Waals surface area (Å²) in [5.41, 5.74) is 2.96. The van der Waals surface area contributed by atoms with Crippen LogP contribution in [0.15, 0.2) is 79.0 Å². The number of hydroxylamine groups is 1. The Bertz CT molecular complexity index is 1560. The van der Waals surface area contributed by atoms with Crippen LogP contribution in [0.2, 0.25) is 0 Å². The van der Waals surface area contributed by atoms with Gasteiger partial charge in [0.2, 0.25) is 10.0 Å². The van der Waals surface area contributed by atoms with Crippen molar-refractivity contribution in [1.82, 2.24) is 15.8 Å². The molecule has 0 fully saturated rings. The SMILES string of the molecule is CS(=O)(=O)N(CC(NCCc1c[nH]c2ccccc12)C(=O)NO)c1ccc(Oc2ccc(C(F)(F)F)cc2)cc1. The Labute approximate surface area is 228 Å². The monoisotopic (exact) mass is 576 g/mol. The number of nitrogens with zero attached hydrogens (tertiary/aromatic N) is 1. The van der Waals surface area contributed by atoms with Gasteiger partial charge in [0.05, 0.1) is 24.1 Å². The van der Waals surface area contributed by atoms with Gasteiger partial charge < -0.3 is 15.0 Å². The summed E-state index contributed by atoms with van der Waals surface area (Å²) in [6.45, 7) is -0.00430. The Kier molecular flexibility index (Phi) is 8.67. The molecule has 4 rings (SSSR count). The highest BCUT2D eigenvalue weighted by atomic mass is 32.2. The van der Waals surface area contributed by atoms with Crippen LogP contribution in [0.3, 0.4) is 0 Å². The maximum atomic E-state index is 12.8. The predicted octanol–water partition coefficient (Wildman–Crippen LogP) is 4.45. The first kappa shape index (κ1) is 28.9. The van der Waals surface area contributed by atoms with E-state index in [0.29, 0.717) is 13.0 Å². The molecular weight excluding hydrogens is 549 g/mol. The third kappa shape index (κ3) is 7.11. The van der Waals surface area contributed by atoms with E-state index in [4.69, 9.17) is 4.74 Å². The summed E-state index contributed by atoms with van der Waals surface area (Å²) in [4.78, 5) is 15.6. The number of anilines is 1. The lowest BCUT2D eigenvalue weighted by molar-refractivity contribution is -0.137. The second kappa shape index (κ2) is 12.0. The van der Waals surface area contributed by atoms with Gasteiger partial charge in [-0.2, -0.15) is 13.2 Å². The molecule has 0 aliphatic rings. The second-order valence-corrected chi connectivity index (χ2v) is 10.9. The lowest BCUT2D eigenvalue weighted by atomic mass is 10.1. The van der Waals surface area contributed by atoms with Gasteiger partial charge in [0.1, 0.15) is 17.5 Å². The highest BCUT2D eigenvalue weighted by molar-refractivity contribution is 7.92. The molecule has 0 bridgehead atoms. The van der Waals surface area contributed by atoms with Crippen LogP contribution in [0, 0.1) is 0 Å². The van der Waals surface area contributed by atoms with Gasteiger partial charge in [-0.25, -0.2) is 13.9 Å². The Morgan fingerprint density at radius 3 is 2.25 bits per heavy atom. The number of ether oxygens (including phenoxy) is 1. The van der Waals surface area contributed by atoms with Gasteiger partial charge >= 0.3 is 6.18 Å². The van der Waals surface area contributed by atoms with Gasteiger partial charge in [-0.15, -0.1) is 0 Å². The number of aromatic amines is 1. The van der Waals surface area contributed by atoms with Crippen molar-refractivity contribution in [2.45, 2.75) is 18.6 Å². The molecule has 1 aromatic heterocycles. The summed E-state index contributed by atoms with van der Waals surface area (Å²) >= 11 is 0. The standard InChI is InChI=1S/C27H27F3N4O5S/c1-40(37,38)34(20-8-12-22(13-9-20)39-21-10-6-19(7-11-21)27(28,29)30)17-25(26(35)33-36)31-15-14-18-16-32-24-5-3-2-4-23(18)24/h2-13,16,25,31-32,36H,14-15,17H2,1H3,(H,33,35).